The molecule has 96 valence electrons. The fraction of sp³-hybridized carbons (Fsp3) is 0.429. The number of aromatic nitrogens is 1. The van der Waals surface area contributed by atoms with Crippen LogP contribution in [-0.2, 0) is 6.42 Å². The van der Waals surface area contributed by atoms with Gasteiger partial charge in [-0.25, -0.2) is 4.99 Å². The molecule has 0 aromatic carbocycles. The van der Waals surface area contributed by atoms with E-state index in [9.17, 15) is 9.90 Å². The van der Waals surface area contributed by atoms with Crippen molar-refractivity contribution in [1.82, 2.24) is 4.98 Å². The maximum atomic E-state index is 11.9. The smallest absolute Gasteiger partial charge is 0.279 e. The summed E-state index contributed by atoms with van der Waals surface area (Å²) in [7, 11) is 0. The highest BCUT2D eigenvalue weighted by Crippen LogP contribution is 2.32. The highest BCUT2D eigenvalue weighted by molar-refractivity contribution is 6.23. The van der Waals surface area contributed by atoms with E-state index < -0.39 is 0 Å². The summed E-state index contributed by atoms with van der Waals surface area (Å²) in [6.45, 7) is 5.77. The Morgan fingerprint density at radius 1 is 1.39 bits per heavy atom. The van der Waals surface area contributed by atoms with Crippen molar-refractivity contribution in [3.8, 4) is 5.88 Å². The molecule has 0 saturated heterocycles. The molecule has 1 aromatic heterocycles. The Hall–Kier alpha value is -1.84. The molecule has 1 aliphatic heterocycles. The number of H-pyrrole nitrogens is 1. The zero-order valence-corrected chi connectivity index (χ0v) is 10.6. The Morgan fingerprint density at radius 2 is 2.17 bits per heavy atom. The number of amides is 1. The Labute approximate surface area is 106 Å². The van der Waals surface area contributed by atoms with Crippen LogP contribution < -0.4 is 0 Å². The van der Waals surface area contributed by atoms with Gasteiger partial charge in [0.05, 0.1) is 16.8 Å². The lowest BCUT2D eigenvalue weighted by Gasteiger charge is -1.99. The molecule has 4 heteroatoms. The summed E-state index contributed by atoms with van der Waals surface area (Å²) in [6.07, 6.45) is 6.19. The van der Waals surface area contributed by atoms with Crippen LogP contribution in [0, 0.1) is 0 Å². The van der Waals surface area contributed by atoms with Crippen LogP contribution in [0.5, 0.6) is 5.88 Å². The SMILES string of the molecule is C=CCc1[nH]c(O)c2c1C(=O)N=C2CCCCC. The first-order valence-corrected chi connectivity index (χ1v) is 6.36. The van der Waals surface area contributed by atoms with Gasteiger partial charge in [0.25, 0.3) is 5.91 Å². The molecule has 0 atom stereocenters. The minimum Gasteiger partial charge on any atom is -0.494 e. The number of aromatic hydroxyl groups is 1. The van der Waals surface area contributed by atoms with Crippen molar-refractivity contribution in [2.75, 3.05) is 0 Å². The topological polar surface area (TPSA) is 65.4 Å². The van der Waals surface area contributed by atoms with Crippen molar-refractivity contribution in [3.05, 3.63) is 29.5 Å². The fourth-order valence-corrected chi connectivity index (χ4v) is 2.31. The predicted molar refractivity (Wildman–Crippen MR) is 71.4 cm³/mol. The second kappa shape index (κ2) is 5.21. The number of carbonyl (C=O) groups excluding carboxylic acids is 1. The standard InChI is InChI=1S/C14H18N2O2/c1-3-5-6-8-10-12-11(13(17)16-10)9(7-4-2)15-14(12)18/h4,15,18H,2-3,5-8H2,1H3. The molecule has 1 aliphatic rings. The van der Waals surface area contributed by atoms with Crippen molar-refractivity contribution < 1.29 is 9.90 Å². The third-order valence-electron chi connectivity index (χ3n) is 3.16. The van der Waals surface area contributed by atoms with Gasteiger partial charge >= 0.3 is 0 Å². The fourth-order valence-electron chi connectivity index (χ4n) is 2.31. The lowest BCUT2D eigenvalue weighted by atomic mass is 10.0. The van der Waals surface area contributed by atoms with Gasteiger partial charge in [0.2, 0.25) is 0 Å². The highest BCUT2D eigenvalue weighted by atomic mass is 16.3. The monoisotopic (exact) mass is 246 g/mol. The lowest BCUT2D eigenvalue weighted by Crippen LogP contribution is -1.97. The molecule has 0 fully saturated rings. The summed E-state index contributed by atoms with van der Waals surface area (Å²) >= 11 is 0. The zero-order chi connectivity index (χ0) is 13.1. The maximum Gasteiger partial charge on any atom is 0.279 e. The largest absolute Gasteiger partial charge is 0.494 e. The first kappa shape index (κ1) is 12.6. The predicted octanol–water partition coefficient (Wildman–Crippen LogP) is 2.97. The summed E-state index contributed by atoms with van der Waals surface area (Å²) in [5.41, 5.74) is 2.55. The van der Waals surface area contributed by atoms with Gasteiger partial charge in [-0.05, 0) is 12.8 Å². The normalized spacial score (nSPS) is 13.6. The summed E-state index contributed by atoms with van der Waals surface area (Å²) in [5.74, 6) is -0.187. The van der Waals surface area contributed by atoms with Crippen LogP contribution >= 0.6 is 0 Å². The Balaban J connectivity index is 2.28. The number of unbranched alkanes of at least 4 members (excludes halogenated alkanes) is 2. The van der Waals surface area contributed by atoms with Crippen LogP contribution in [0.2, 0.25) is 0 Å². The molecule has 0 saturated carbocycles. The van der Waals surface area contributed by atoms with Crippen molar-refractivity contribution in [1.29, 1.82) is 0 Å². The number of hydrogen-bond acceptors (Lipinski definition) is 2. The van der Waals surface area contributed by atoms with Crippen molar-refractivity contribution >= 4 is 11.6 Å². The number of nitrogens with zero attached hydrogens (tertiary/aromatic N) is 1. The van der Waals surface area contributed by atoms with Crippen LogP contribution in [0.3, 0.4) is 0 Å². The molecule has 1 aromatic rings. The van der Waals surface area contributed by atoms with Gasteiger partial charge in [-0.1, -0.05) is 25.8 Å². The number of aromatic amines is 1. The van der Waals surface area contributed by atoms with Gasteiger partial charge in [-0.2, -0.15) is 0 Å². The average Bonchev–Trinajstić information content (AvgIpc) is 2.82. The Morgan fingerprint density at radius 3 is 2.83 bits per heavy atom. The van der Waals surface area contributed by atoms with E-state index in [0.717, 1.165) is 25.7 Å². The summed E-state index contributed by atoms with van der Waals surface area (Å²) in [4.78, 5) is 18.8. The van der Waals surface area contributed by atoms with Gasteiger partial charge in [-0.15, -0.1) is 6.58 Å². The second-order valence-corrected chi connectivity index (χ2v) is 4.52. The number of rotatable bonds is 6. The quantitative estimate of drug-likeness (QED) is 0.598. The van der Waals surface area contributed by atoms with E-state index in [2.05, 4.69) is 23.5 Å². The summed E-state index contributed by atoms with van der Waals surface area (Å²) in [5, 5.41) is 9.90. The Bertz CT molecular complexity index is 512. The van der Waals surface area contributed by atoms with E-state index in [4.69, 9.17) is 0 Å². The third kappa shape index (κ3) is 2.10. The van der Waals surface area contributed by atoms with Crippen LogP contribution in [0.15, 0.2) is 17.6 Å². The number of fused-ring (bicyclic) bond motifs is 1. The number of allylic oxidation sites excluding steroid dienone is 1. The van der Waals surface area contributed by atoms with Crippen LogP contribution in [0.1, 0.15) is 54.2 Å². The van der Waals surface area contributed by atoms with Crippen molar-refractivity contribution in [2.24, 2.45) is 4.99 Å². The first-order valence-electron chi connectivity index (χ1n) is 6.36. The van der Waals surface area contributed by atoms with Gasteiger partial charge in [-0.3, -0.25) is 4.79 Å². The highest BCUT2D eigenvalue weighted by Gasteiger charge is 2.30. The van der Waals surface area contributed by atoms with E-state index in [1.165, 1.54) is 0 Å². The molecule has 0 spiro atoms. The molecule has 0 aliphatic carbocycles. The van der Waals surface area contributed by atoms with Gasteiger partial charge in [0, 0.05) is 12.1 Å². The zero-order valence-electron chi connectivity index (χ0n) is 10.6. The maximum absolute atomic E-state index is 11.9. The average molecular weight is 246 g/mol. The second-order valence-electron chi connectivity index (χ2n) is 4.52. The third-order valence-corrected chi connectivity index (χ3v) is 3.16. The number of carbonyl (C=O) groups is 1. The minimum atomic E-state index is -0.245. The van der Waals surface area contributed by atoms with Gasteiger partial charge in [0.1, 0.15) is 0 Å². The molecule has 1 amide bonds. The number of aliphatic imine (C=N–C) groups is 1. The van der Waals surface area contributed by atoms with E-state index in [1.807, 2.05) is 0 Å². The van der Waals surface area contributed by atoms with Crippen molar-refractivity contribution in [2.45, 2.75) is 39.0 Å². The van der Waals surface area contributed by atoms with Crippen molar-refractivity contribution in [3.63, 3.8) is 0 Å². The molecule has 2 heterocycles. The van der Waals surface area contributed by atoms with E-state index in [-0.39, 0.29) is 11.8 Å². The molecule has 4 nitrogen and oxygen atoms in total. The summed E-state index contributed by atoms with van der Waals surface area (Å²) in [6, 6.07) is 0. The molecule has 2 N–H and O–H groups in total. The number of nitrogens with one attached hydrogen (secondary N) is 1. The van der Waals surface area contributed by atoms with Crippen LogP contribution in [0.4, 0.5) is 0 Å². The lowest BCUT2D eigenvalue weighted by molar-refractivity contribution is 0.101. The number of hydrogen-bond donors (Lipinski definition) is 2. The van der Waals surface area contributed by atoms with Gasteiger partial charge in [0.15, 0.2) is 5.88 Å². The molecule has 2 rings (SSSR count). The summed E-state index contributed by atoms with van der Waals surface area (Å²) < 4.78 is 0. The van der Waals surface area contributed by atoms with Gasteiger partial charge < -0.3 is 10.1 Å². The Kier molecular flexibility index (Phi) is 3.65. The molecule has 0 bridgehead atoms. The molecule has 0 radical (unpaired) electrons. The molecular weight excluding hydrogens is 228 g/mol. The molecule has 18 heavy (non-hydrogen) atoms. The van der Waals surface area contributed by atoms with Crippen LogP contribution in [0.25, 0.3) is 0 Å². The molecular formula is C14H18N2O2. The van der Waals surface area contributed by atoms with E-state index in [0.29, 0.717) is 29.0 Å². The van der Waals surface area contributed by atoms with E-state index >= 15 is 0 Å². The van der Waals surface area contributed by atoms with Crippen LogP contribution in [-0.4, -0.2) is 21.7 Å². The van der Waals surface area contributed by atoms with E-state index in [1.54, 1.807) is 6.08 Å². The first-order chi connectivity index (χ1) is 8.69. The minimum absolute atomic E-state index is 0.0583. The molecule has 0 unspecified atom stereocenters.